The molecule has 0 unspecified atom stereocenters. The molecule has 0 atom stereocenters. The molecule has 238 valence electrons. The van der Waals surface area contributed by atoms with Crippen molar-refractivity contribution in [3.63, 3.8) is 0 Å². The number of hydrogen-bond donors (Lipinski definition) is 0. The Labute approximate surface area is 294 Å². The van der Waals surface area contributed by atoms with Gasteiger partial charge in [-0.2, -0.15) is 0 Å². The van der Waals surface area contributed by atoms with E-state index in [2.05, 4.69) is 121 Å². The molecule has 0 saturated heterocycles. The first-order valence-corrected chi connectivity index (χ1v) is 17.1. The smallest absolute Gasteiger partial charge is 0.164 e. The fourth-order valence-electron chi connectivity index (χ4n) is 7.04. The van der Waals surface area contributed by atoms with E-state index < -0.39 is 0 Å². The Hall–Kier alpha value is -6.91. The maximum Gasteiger partial charge on any atom is 0.164 e. The summed E-state index contributed by atoms with van der Waals surface area (Å²) >= 11 is 0. The summed E-state index contributed by atoms with van der Waals surface area (Å²) in [6, 6.07) is 61.3. The summed E-state index contributed by atoms with van der Waals surface area (Å²) in [6.07, 6.45) is 0. The molecule has 51 heavy (non-hydrogen) atoms. The molecule has 4 nitrogen and oxygen atoms in total. The third kappa shape index (κ3) is 5.31. The molecule has 10 rings (SSSR count). The highest BCUT2D eigenvalue weighted by Gasteiger charge is 2.17. The van der Waals surface area contributed by atoms with Crippen molar-refractivity contribution in [3.8, 4) is 56.4 Å². The molecule has 4 heteroatoms. The fourth-order valence-corrected chi connectivity index (χ4v) is 7.04. The summed E-state index contributed by atoms with van der Waals surface area (Å²) < 4.78 is 6.26. The molecule has 0 amide bonds. The minimum atomic E-state index is 0.588. The Kier molecular flexibility index (Phi) is 6.78. The maximum absolute atomic E-state index is 6.26. The van der Waals surface area contributed by atoms with E-state index in [1.807, 2.05) is 54.6 Å². The molecular weight excluding hydrogens is 623 g/mol. The van der Waals surface area contributed by atoms with E-state index in [0.717, 1.165) is 60.9 Å². The molecule has 8 aromatic carbocycles. The van der Waals surface area contributed by atoms with Crippen LogP contribution in [0, 0.1) is 0 Å². The number of para-hydroxylation sites is 1. The van der Waals surface area contributed by atoms with Crippen LogP contribution in [0.1, 0.15) is 0 Å². The summed E-state index contributed by atoms with van der Waals surface area (Å²) in [5.74, 6) is 1.81. The van der Waals surface area contributed by atoms with Gasteiger partial charge in [-0.25, -0.2) is 15.0 Å². The van der Waals surface area contributed by atoms with Crippen molar-refractivity contribution < 1.29 is 4.42 Å². The lowest BCUT2D eigenvalue weighted by molar-refractivity contribution is 0.669. The van der Waals surface area contributed by atoms with Crippen molar-refractivity contribution in [2.45, 2.75) is 0 Å². The lowest BCUT2D eigenvalue weighted by Crippen LogP contribution is -2.00. The molecule has 2 heterocycles. The number of furan rings is 1. The van der Waals surface area contributed by atoms with E-state index in [1.54, 1.807) is 0 Å². The average molecular weight is 652 g/mol. The Morgan fingerprint density at radius 3 is 1.43 bits per heavy atom. The van der Waals surface area contributed by atoms with Gasteiger partial charge in [-0.05, 0) is 92.3 Å². The Morgan fingerprint density at radius 2 is 0.765 bits per heavy atom. The van der Waals surface area contributed by atoms with E-state index in [4.69, 9.17) is 19.4 Å². The summed E-state index contributed by atoms with van der Waals surface area (Å²) in [7, 11) is 0. The second kappa shape index (κ2) is 11.9. The second-order valence-corrected chi connectivity index (χ2v) is 12.9. The number of hydrogen-bond acceptors (Lipinski definition) is 4. The molecule has 0 bridgehead atoms. The van der Waals surface area contributed by atoms with Gasteiger partial charge in [0.2, 0.25) is 0 Å². The Morgan fingerprint density at radius 1 is 0.275 bits per heavy atom. The van der Waals surface area contributed by atoms with Crippen LogP contribution in [-0.2, 0) is 0 Å². The lowest BCUT2D eigenvalue weighted by Gasteiger charge is -2.13. The van der Waals surface area contributed by atoms with Crippen LogP contribution in [0.25, 0.3) is 99.9 Å². The molecule has 0 aliphatic rings. The van der Waals surface area contributed by atoms with Gasteiger partial charge in [-0.15, -0.1) is 0 Å². The third-order valence-electron chi connectivity index (χ3n) is 9.66. The van der Waals surface area contributed by atoms with E-state index in [9.17, 15) is 0 Å². The standard InChI is InChI=1S/C47H29N3O/c1-2-12-32(13-3-1)45-48-46(37-22-23-42-41-16-8-9-17-43(41)51-44(42)29-37)50-47(49-45)40-27-38(35-20-18-30-10-4-6-14-33(30)24-35)26-39(28-40)36-21-19-31-11-5-7-15-34(31)25-36/h1-29H. The Balaban J connectivity index is 1.19. The van der Waals surface area contributed by atoms with Gasteiger partial charge in [0.05, 0.1) is 0 Å². The van der Waals surface area contributed by atoms with Crippen molar-refractivity contribution >= 4 is 43.5 Å². The van der Waals surface area contributed by atoms with Gasteiger partial charge < -0.3 is 4.42 Å². The quantitative estimate of drug-likeness (QED) is 0.186. The zero-order valence-corrected chi connectivity index (χ0v) is 27.5. The molecule has 0 spiro atoms. The first-order valence-electron chi connectivity index (χ1n) is 17.1. The third-order valence-corrected chi connectivity index (χ3v) is 9.66. The molecule has 2 aromatic heterocycles. The topological polar surface area (TPSA) is 51.8 Å². The van der Waals surface area contributed by atoms with Gasteiger partial charge >= 0.3 is 0 Å². The van der Waals surface area contributed by atoms with Gasteiger partial charge in [0.25, 0.3) is 0 Å². The number of fused-ring (bicyclic) bond motifs is 5. The SMILES string of the molecule is c1ccc(-c2nc(-c3cc(-c4ccc5ccccc5c4)cc(-c4ccc5ccccc5c4)c3)nc(-c3ccc4c(c3)oc3ccccc34)n2)cc1. The number of benzene rings is 8. The number of rotatable bonds is 5. The zero-order chi connectivity index (χ0) is 33.7. The summed E-state index contributed by atoms with van der Waals surface area (Å²) in [5, 5.41) is 6.97. The molecular formula is C47H29N3O. The van der Waals surface area contributed by atoms with Gasteiger partial charge in [0.15, 0.2) is 17.5 Å². The second-order valence-electron chi connectivity index (χ2n) is 12.9. The molecule has 0 radical (unpaired) electrons. The van der Waals surface area contributed by atoms with Crippen LogP contribution in [0.3, 0.4) is 0 Å². The Bertz CT molecular complexity index is 2830. The highest BCUT2D eigenvalue weighted by Crippen LogP contribution is 2.36. The minimum absolute atomic E-state index is 0.588. The number of nitrogens with zero attached hydrogens (tertiary/aromatic N) is 3. The largest absolute Gasteiger partial charge is 0.456 e. The van der Waals surface area contributed by atoms with Crippen molar-refractivity contribution in [2.24, 2.45) is 0 Å². The average Bonchev–Trinajstić information content (AvgIpc) is 3.58. The summed E-state index contributed by atoms with van der Waals surface area (Å²) in [5.41, 5.74) is 8.80. The van der Waals surface area contributed by atoms with Gasteiger partial charge in [-0.3, -0.25) is 0 Å². The van der Waals surface area contributed by atoms with Crippen molar-refractivity contribution in [3.05, 3.63) is 176 Å². The minimum Gasteiger partial charge on any atom is -0.456 e. The van der Waals surface area contributed by atoms with Gasteiger partial charge in [0.1, 0.15) is 11.2 Å². The first kappa shape index (κ1) is 29.0. The zero-order valence-electron chi connectivity index (χ0n) is 27.5. The molecule has 0 saturated carbocycles. The van der Waals surface area contributed by atoms with E-state index in [1.165, 1.54) is 21.5 Å². The summed E-state index contributed by atoms with van der Waals surface area (Å²) in [4.78, 5) is 15.3. The highest BCUT2D eigenvalue weighted by atomic mass is 16.3. The molecule has 0 aliphatic heterocycles. The fraction of sp³-hybridized carbons (Fsp3) is 0. The highest BCUT2D eigenvalue weighted by molar-refractivity contribution is 6.05. The lowest BCUT2D eigenvalue weighted by atomic mass is 9.93. The van der Waals surface area contributed by atoms with Crippen LogP contribution in [0.4, 0.5) is 0 Å². The maximum atomic E-state index is 6.26. The normalized spacial score (nSPS) is 11.5. The van der Waals surface area contributed by atoms with Crippen molar-refractivity contribution in [2.75, 3.05) is 0 Å². The van der Waals surface area contributed by atoms with Crippen LogP contribution >= 0.6 is 0 Å². The van der Waals surface area contributed by atoms with Crippen LogP contribution in [0.2, 0.25) is 0 Å². The first-order chi connectivity index (χ1) is 25.2. The molecule has 0 aliphatic carbocycles. The molecule has 10 aromatic rings. The predicted octanol–water partition coefficient (Wildman–Crippen LogP) is 12.4. The number of aromatic nitrogens is 3. The molecule has 0 fully saturated rings. The van der Waals surface area contributed by atoms with Crippen LogP contribution in [0.15, 0.2) is 180 Å². The summed E-state index contributed by atoms with van der Waals surface area (Å²) in [6.45, 7) is 0. The van der Waals surface area contributed by atoms with Crippen LogP contribution < -0.4 is 0 Å². The predicted molar refractivity (Wildman–Crippen MR) is 209 cm³/mol. The van der Waals surface area contributed by atoms with Gasteiger partial charge in [-0.1, -0.05) is 127 Å². The molecule has 0 N–H and O–H groups in total. The van der Waals surface area contributed by atoms with Crippen molar-refractivity contribution in [1.29, 1.82) is 0 Å². The van der Waals surface area contributed by atoms with Crippen LogP contribution in [-0.4, -0.2) is 15.0 Å². The van der Waals surface area contributed by atoms with Crippen molar-refractivity contribution in [1.82, 2.24) is 15.0 Å². The van der Waals surface area contributed by atoms with E-state index in [-0.39, 0.29) is 0 Å². The monoisotopic (exact) mass is 651 g/mol. The van der Waals surface area contributed by atoms with Crippen LogP contribution in [0.5, 0.6) is 0 Å². The van der Waals surface area contributed by atoms with E-state index in [0.29, 0.717) is 17.5 Å². The van der Waals surface area contributed by atoms with Gasteiger partial charge in [0, 0.05) is 27.5 Å². The van der Waals surface area contributed by atoms with E-state index >= 15 is 0 Å².